The van der Waals surface area contributed by atoms with Gasteiger partial charge in [0.05, 0.1) is 10.2 Å². The van der Waals surface area contributed by atoms with E-state index in [2.05, 4.69) is 21.0 Å². The van der Waals surface area contributed by atoms with E-state index < -0.39 is 11.6 Å². The maximum atomic E-state index is 13.0. The van der Waals surface area contributed by atoms with Gasteiger partial charge in [-0.25, -0.2) is 13.5 Å². The van der Waals surface area contributed by atoms with Crippen molar-refractivity contribution in [2.45, 2.75) is 0 Å². The first-order valence-electron chi connectivity index (χ1n) is 4.22. The van der Waals surface area contributed by atoms with Gasteiger partial charge in [-0.15, -0.1) is 0 Å². The summed E-state index contributed by atoms with van der Waals surface area (Å²) in [5, 5.41) is 12.6. The van der Waals surface area contributed by atoms with Gasteiger partial charge in [0.1, 0.15) is 6.07 Å². The van der Waals surface area contributed by atoms with Crippen LogP contribution in [0, 0.1) is 23.0 Å². The maximum Gasteiger partial charge on any atom is 0.177 e. The van der Waals surface area contributed by atoms with Crippen LogP contribution < -0.4 is 0 Å². The molecule has 0 atom stereocenters. The predicted molar refractivity (Wildman–Crippen MR) is 55.9 cm³/mol. The number of nitrogens with zero attached hydrogens (tertiary/aromatic N) is 3. The Bertz CT molecular complexity index is 586. The summed E-state index contributed by atoms with van der Waals surface area (Å²) in [5.74, 6) is -1.88. The van der Waals surface area contributed by atoms with Gasteiger partial charge in [-0.2, -0.15) is 10.4 Å². The summed E-state index contributed by atoms with van der Waals surface area (Å²) in [6.45, 7) is 0. The molecule has 1 aromatic carbocycles. The Hall–Kier alpha value is -1.74. The van der Waals surface area contributed by atoms with Gasteiger partial charge in [0.15, 0.2) is 17.3 Å². The van der Waals surface area contributed by atoms with E-state index in [4.69, 9.17) is 5.26 Å². The lowest BCUT2D eigenvalue weighted by atomic mass is 10.3. The summed E-state index contributed by atoms with van der Waals surface area (Å²) in [5.41, 5.74) is 0.533. The highest BCUT2D eigenvalue weighted by Gasteiger charge is 2.09. The van der Waals surface area contributed by atoms with Crippen LogP contribution in [-0.4, -0.2) is 9.78 Å². The standard InChI is InChI=1S/C10H4BrF2N3/c11-7-5-16(15-10(7)4-14)6-1-2-8(12)9(13)3-6/h1-3,5H. The molecule has 0 aliphatic carbocycles. The summed E-state index contributed by atoms with van der Waals surface area (Å²) < 4.78 is 27.5. The first-order valence-corrected chi connectivity index (χ1v) is 5.02. The normalized spacial score (nSPS) is 10.1. The fourth-order valence-electron chi connectivity index (χ4n) is 1.19. The third-order valence-electron chi connectivity index (χ3n) is 1.94. The molecule has 2 rings (SSSR count). The molecule has 0 aliphatic heterocycles. The van der Waals surface area contributed by atoms with Gasteiger partial charge in [0, 0.05) is 12.3 Å². The third-order valence-corrected chi connectivity index (χ3v) is 2.52. The van der Waals surface area contributed by atoms with E-state index in [1.54, 1.807) is 0 Å². The summed E-state index contributed by atoms with van der Waals surface area (Å²) >= 11 is 3.13. The molecular formula is C10H4BrF2N3. The molecule has 1 heterocycles. The Kier molecular flexibility index (Phi) is 2.71. The Balaban J connectivity index is 2.51. The number of benzene rings is 1. The van der Waals surface area contributed by atoms with Crippen molar-refractivity contribution >= 4 is 15.9 Å². The first kappa shape index (κ1) is 10.8. The molecule has 0 aliphatic rings. The molecule has 0 bridgehead atoms. The first-order chi connectivity index (χ1) is 7.61. The predicted octanol–water partition coefficient (Wildman–Crippen LogP) is 2.78. The van der Waals surface area contributed by atoms with Crippen LogP contribution >= 0.6 is 15.9 Å². The van der Waals surface area contributed by atoms with E-state index in [9.17, 15) is 8.78 Å². The number of hydrogen-bond acceptors (Lipinski definition) is 2. The maximum absolute atomic E-state index is 13.0. The van der Waals surface area contributed by atoms with Crippen molar-refractivity contribution in [2.24, 2.45) is 0 Å². The molecule has 3 nitrogen and oxygen atoms in total. The van der Waals surface area contributed by atoms with Crippen molar-refractivity contribution in [1.29, 1.82) is 5.26 Å². The minimum atomic E-state index is -0.956. The Labute approximate surface area is 98.1 Å². The van der Waals surface area contributed by atoms with Crippen molar-refractivity contribution < 1.29 is 8.78 Å². The van der Waals surface area contributed by atoms with Gasteiger partial charge < -0.3 is 0 Å². The van der Waals surface area contributed by atoms with E-state index in [-0.39, 0.29) is 5.69 Å². The minimum Gasteiger partial charge on any atom is -0.238 e. The van der Waals surface area contributed by atoms with E-state index in [1.165, 1.54) is 16.9 Å². The molecule has 0 unspecified atom stereocenters. The van der Waals surface area contributed by atoms with Gasteiger partial charge in [-0.05, 0) is 28.1 Å². The highest BCUT2D eigenvalue weighted by Crippen LogP contribution is 2.18. The summed E-state index contributed by atoms with van der Waals surface area (Å²) in [6, 6.07) is 5.25. The minimum absolute atomic E-state index is 0.185. The van der Waals surface area contributed by atoms with Crippen LogP contribution in [0.25, 0.3) is 5.69 Å². The van der Waals surface area contributed by atoms with Gasteiger partial charge in [-0.3, -0.25) is 0 Å². The summed E-state index contributed by atoms with van der Waals surface area (Å²) in [7, 11) is 0. The molecule has 0 radical (unpaired) electrons. The van der Waals surface area contributed by atoms with Crippen molar-refractivity contribution in [3.63, 3.8) is 0 Å². The second kappa shape index (κ2) is 4.02. The van der Waals surface area contributed by atoms with Crippen molar-refractivity contribution in [1.82, 2.24) is 9.78 Å². The molecule has 0 saturated carbocycles. The van der Waals surface area contributed by atoms with Crippen LogP contribution in [0.1, 0.15) is 5.69 Å². The van der Waals surface area contributed by atoms with E-state index >= 15 is 0 Å². The van der Waals surface area contributed by atoms with Gasteiger partial charge in [0.2, 0.25) is 0 Å². The molecule has 0 N–H and O–H groups in total. The molecule has 0 fully saturated rings. The zero-order valence-electron chi connectivity index (χ0n) is 7.78. The van der Waals surface area contributed by atoms with Gasteiger partial charge in [0.25, 0.3) is 0 Å². The average Bonchev–Trinajstić information content (AvgIpc) is 2.64. The lowest BCUT2D eigenvalue weighted by Crippen LogP contribution is -1.97. The quantitative estimate of drug-likeness (QED) is 0.808. The van der Waals surface area contributed by atoms with Crippen LogP contribution in [0.2, 0.25) is 0 Å². The summed E-state index contributed by atoms with van der Waals surface area (Å²) in [6.07, 6.45) is 1.51. The Morgan fingerprint density at radius 3 is 2.62 bits per heavy atom. The molecule has 0 saturated heterocycles. The highest BCUT2D eigenvalue weighted by atomic mass is 79.9. The van der Waals surface area contributed by atoms with Crippen LogP contribution in [0.5, 0.6) is 0 Å². The fraction of sp³-hybridized carbons (Fsp3) is 0. The van der Waals surface area contributed by atoms with Crippen molar-refractivity contribution in [2.75, 3.05) is 0 Å². The monoisotopic (exact) mass is 283 g/mol. The second-order valence-corrected chi connectivity index (χ2v) is 3.83. The molecule has 80 valence electrons. The van der Waals surface area contributed by atoms with Crippen molar-refractivity contribution in [3.05, 3.63) is 46.2 Å². The lowest BCUT2D eigenvalue weighted by molar-refractivity contribution is 0.507. The van der Waals surface area contributed by atoms with Crippen LogP contribution in [0.4, 0.5) is 8.78 Å². The SMILES string of the molecule is N#Cc1nn(-c2ccc(F)c(F)c2)cc1Br. The topological polar surface area (TPSA) is 41.6 Å². The van der Waals surface area contributed by atoms with E-state index in [0.29, 0.717) is 10.2 Å². The molecule has 1 aromatic heterocycles. The molecule has 0 spiro atoms. The second-order valence-electron chi connectivity index (χ2n) is 2.98. The smallest absolute Gasteiger partial charge is 0.177 e. The van der Waals surface area contributed by atoms with Crippen molar-refractivity contribution in [3.8, 4) is 11.8 Å². The molecule has 6 heteroatoms. The van der Waals surface area contributed by atoms with Gasteiger partial charge in [-0.1, -0.05) is 0 Å². The summed E-state index contributed by atoms with van der Waals surface area (Å²) in [4.78, 5) is 0. The van der Waals surface area contributed by atoms with E-state index in [1.807, 2.05) is 6.07 Å². The average molecular weight is 284 g/mol. The largest absolute Gasteiger partial charge is 0.238 e. The Morgan fingerprint density at radius 2 is 2.06 bits per heavy atom. The van der Waals surface area contributed by atoms with Crippen LogP contribution in [0.15, 0.2) is 28.9 Å². The molecule has 0 amide bonds. The van der Waals surface area contributed by atoms with Crippen LogP contribution in [0.3, 0.4) is 0 Å². The highest BCUT2D eigenvalue weighted by molar-refractivity contribution is 9.10. The zero-order valence-corrected chi connectivity index (χ0v) is 9.37. The number of nitriles is 1. The van der Waals surface area contributed by atoms with E-state index in [0.717, 1.165) is 12.1 Å². The number of hydrogen-bond donors (Lipinski definition) is 0. The fourth-order valence-corrected chi connectivity index (χ4v) is 1.55. The number of aromatic nitrogens is 2. The van der Waals surface area contributed by atoms with Crippen LogP contribution in [-0.2, 0) is 0 Å². The third kappa shape index (κ3) is 1.82. The Morgan fingerprint density at radius 1 is 1.31 bits per heavy atom. The number of rotatable bonds is 1. The lowest BCUT2D eigenvalue weighted by Gasteiger charge is -2.00. The molecular weight excluding hydrogens is 280 g/mol. The molecule has 16 heavy (non-hydrogen) atoms. The zero-order chi connectivity index (χ0) is 11.7. The number of halogens is 3. The van der Waals surface area contributed by atoms with Gasteiger partial charge >= 0.3 is 0 Å². The molecule has 2 aromatic rings.